The number of nitrogens with zero attached hydrogens (tertiary/aromatic N) is 6. The Hall–Kier alpha value is -4.70. The second-order valence-electron chi connectivity index (χ2n) is 17.8. The van der Waals surface area contributed by atoms with Crippen LogP contribution in [0.15, 0.2) is 47.7 Å². The van der Waals surface area contributed by atoms with Crippen molar-refractivity contribution >= 4 is 45.7 Å². The van der Waals surface area contributed by atoms with Gasteiger partial charge in [0.1, 0.15) is 17.9 Å². The van der Waals surface area contributed by atoms with Gasteiger partial charge in [-0.1, -0.05) is 33.8 Å². The van der Waals surface area contributed by atoms with Crippen LogP contribution in [0.2, 0.25) is 0 Å². The summed E-state index contributed by atoms with van der Waals surface area (Å²) in [6.07, 6.45) is 3.44. The molecule has 5 unspecified atom stereocenters. The third-order valence-corrected chi connectivity index (χ3v) is 13.8. The Morgan fingerprint density at radius 2 is 1.90 bits per heavy atom. The van der Waals surface area contributed by atoms with Crippen LogP contribution in [0.4, 0.5) is 10.1 Å². The molecular formula is C45H57FN8O5S. The quantitative estimate of drug-likeness (QED) is 0.216. The lowest BCUT2D eigenvalue weighted by atomic mass is 9.84. The molecule has 15 heteroatoms. The van der Waals surface area contributed by atoms with Gasteiger partial charge in [-0.3, -0.25) is 19.6 Å². The molecule has 2 amide bonds. The highest BCUT2D eigenvalue weighted by molar-refractivity contribution is 7.10. The number of ether oxygens (including phenoxy) is 2. The summed E-state index contributed by atoms with van der Waals surface area (Å²) in [5.74, 6) is -1.97. The van der Waals surface area contributed by atoms with Gasteiger partial charge in [0.25, 0.3) is 5.91 Å². The number of benzene rings is 1. The number of anilines is 1. The average Bonchev–Trinajstić information content (AvgIpc) is 3.50. The number of likely N-dealkylation sites (N-methyl/N-ethyl adjacent to an activating group) is 1. The van der Waals surface area contributed by atoms with Gasteiger partial charge < -0.3 is 29.2 Å². The number of esters is 1. The van der Waals surface area contributed by atoms with Crippen molar-refractivity contribution in [3.05, 3.63) is 64.0 Å². The van der Waals surface area contributed by atoms with Crippen molar-refractivity contribution in [1.82, 2.24) is 35.2 Å². The number of hydrogen-bond donors (Lipinski definition) is 2. The molecule has 6 heterocycles. The van der Waals surface area contributed by atoms with E-state index in [1.165, 1.54) is 11.3 Å². The van der Waals surface area contributed by atoms with Crippen molar-refractivity contribution in [2.75, 3.05) is 58.4 Å². The Kier molecular flexibility index (Phi) is 11.6. The van der Waals surface area contributed by atoms with Crippen LogP contribution in [0.25, 0.3) is 33.4 Å². The number of hydrazine groups is 1. The summed E-state index contributed by atoms with van der Waals surface area (Å²) >= 11 is 1.41. The predicted molar refractivity (Wildman–Crippen MR) is 231 cm³/mol. The molecule has 3 aromatic heterocycles. The molecule has 1 aromatic carbocycles. The highest BCUT2D eigenvalue weighted by Crippen LogP contribution is 2.46. The molecule has 60 heavy (non-hydrogen) atoms. The smallest absolute Gasteiger partial charge is 0.329 e. The Balaban J connectivity index is 1.27. The number of amides is 2. The SMILES string of the molecule is CCn1c(-c2cc(N3CCN(C)CC3)cnc2C(C)OC)c2c3cc(ccc31)-c1csc(n1)CC(NC(=O)C1C(C)C1C)C(=O)N1CC(F)=CC(N1)C(=O)OCC(C)(C)C2. The number of cyclic esters (lactones) is 1. The fourth-order valence-corrected chi connectivity index (χ4v) is 9.87. The van der Waals surface area contributed by atoms with Crippen molar-refractivity contribution in [2.45, 2.75) is 79.1 Å². The number of thiazole rings is 1. The van der Waals surface area contributed by atoms with Gasteiger partial charge in [0.15, 0.2) is 0 Å². The van der Waals surface area contributed by atoms with Gasteiger partial charge in [-0.25, -0.2) is 19.6 Å². The average molecular weight is 841 g/mol. The number of carbonyl (C=O) groups excluding carboxylic acids is 3. The molecule has 0 spiro atoms. The van der Waals surface area contributed by atoms with E-state index in [9.17, 15) is 14.4 Å². The molecule has 3 aliphatic heterocycles. The molecule has 1 saturated heterocycles. The van der Waals surface area contributed by atoms with Crippen LogP contribution in [-0.2, 0) is 43.2 Å². The van der Waals surface area contributed by atoms with Crippen molar-refractivity contribution in [2.24, 2.45) is 23.2 Å². The number of fused-ring (bicyclic) bond motifs is 6. The van der Waals surface area contributed by atoms with Gasteiger partial charge >= 0.3 is 5.97 Å². The standard InChI is InChI=1S/C45H57FN8O5S/c1-9-53-37-11-10-28-16-31(37)33(41(53)32-18-30(21-47-40(32)27(4)58-8)52-14-12-51(7)13-15-52)20-45(5,6)24-59-44(57)35-17-29(46)22-54(50-35)43(56)34(19-38-48-36(28)23-60-38)49-42(55)39-25(2)26(39)3/h10-11,16-18,21,23,25-27,34-35,39,50H,9,12-15,19-20,22,24H2,1-8H3,(H,49,55). The maximum absolute atomic E-state index is 15.3. The number of rotatable bonds is 7. The van der Waals surface area contributed by atoms with Gasteiger partial charge in [-0.2, -0.15) is 0 Å². The summed E-state index contributed by atoms with van der Waals surface area (Å²) in [5.41, 5.74) is 10.0. The number of aromatic nitrogens is 3. The molecular weight excluding hydrogens is 784 g/mol. The normalized spacial score (nSPS) is 25.4. The molecule has 4 aromatic rings. The van der Waals surface area contributed by atoms with Crippen LogP contribution >= 0.6 is 11.3 Å². The second-order valence-corrected chi connectivity index (χ2v) is 18.8. The van der Waals surface area contributed by atoms with E-state index in [4.69, 9.17) is 19.4 Å². The largest absolute Gasteiger partial charge is 0.464 e. The van der Waals surface area contributed by atoms with Crippen LogP contribution in [-0.4, -0.2) is 108 Å². The number of piperazine rings is 1. The third kappa shape index (κ3) is 8.20. The minimum Gasteiger partial charge on any atom is -0.464 e. The van der Waals surface area contributed by atoms with E-state index in [0.29, 0.717) is 18.0 Å². The lowest BCUT2D eigenvalue weighted by Crippen LogP contribution is -2.60. The summed E-state index contributed by atoms with van der Waals surface area (Å²) < 4.78 is 29.6. The molecule has 0 radical (unpaired) electrons. The molecule has 6 bridgehead atoms. The van der Waals surface area contributed by atoms with Gasteiger partial charge in [0.2, 0.25) is 5.91 Å². The van der Waals surface area contributed by atoms with E-state index >= 15 is 4.39 Å². The monoisotopic (exact) mass is 840 g/mol. The molecule has 8 rings (SSSR count). The molecule has 5 atom stereocenters. The van der Waals surface area contributed by atoms with Crippen LogP contribution in [0.5, 0.6) is 0 Å². The molecule has 13 nitrogen and oxygen atoms in total. The number of hydrogen-bond acceptors (Lipinski definition) is 11. The lowest BCUT2D eigenvalue weighted by molar-refractivity contribution is -0.152. The molecule has 320 valence electrons. The van der Waals surface area contributed by atoms with Gasteiger partial charge in [-0.05, 0) is 69.0 Å². The third-order valence-electron chi connectivity index (χ3n) is 12.9. The highest BCUT2D eigenvalue weighted by atomic mass is 32.1. The number of aryl methyl sites for hydroxylation is 1. The van der Waals surface area contributed by atoms with Crippen molar-refractivity contribution < 1.29 is 28.2 Å². The van der Waals surface area contributed by atoms with E-state index in [1.54, 1.807) is 7.11 Å². The van der Waals surface area contributed by atoms with E-state index in [1.807, 2.05) is 32.3 Å². The van der Waals surface area contributed by atoms with Crippen molar-refractivity contribution in [3.8, 4) is 22.5 Å². The predicted octanol–water partition coefficient (Wildman–Crippen LogP) is 5.93. The van der Waals surface area contributed by atoms with Crippen LogP contribution in [0.1, 0.15) is 63.9 Å². The van der Waals surface area contributed by atoms with Crippen molar-refractivity contribution in [3.63, 3.8) is 0 Å². The first-order valence-electron chi connectivity index (χ1n) is 21.1. The van der Waals surface area contributed by atoms with Crippen LogP contribution < -0.4 is 15.6 Å². The lowest BCUT2D eigenvalue weighted by Gasteiger charge is -2.34. The van der Waals surface area contributed by atoms with E-state index in [0.717, 1.165) is 87.6 Å². The minimum absolute atomic E-state index is 0.0259. The highest BCUT2D eigenvalue weighted by Gasteiger charge is 2.49. The zero-order valence-corrected chi connectivity index (χ0v) is 36.7. The first kappa shape index (κ1) is 42.0. The number of nitrogens with one attached hydrogen (secondary N) is 2. The number of pyridine rings is 1. The number of carbonyl (C=O) groups is 3. The summed E-state index contributed by atoms with van der Waals surface area (Å²) in [7, 11) is 3.85. The summed E-state index contributed by atoms with van der Waals surface area (Å²) in [4.78, 5) is 56.2. The van der Waals surface area contributed by atoms with E-state index < -0.39 is 41.7 Å². The topological polar surface area (TPSA) is 134 Å². The zero-order valence-electron chi connectivity index (χ0n) is 35.9. The maximum atomic E-state index is 15.3. The molecule has 2 N–H and O–H groups in total. The van der Waals surface area contributed by atoms with Crippen LogP contribution in [0, 0.1) is 23.2 Å². The number of halogens is 1. The molecule has 2 fully saturated rings. The first-order valence-corrected chi connectivity index (χ1v) is 22.0. The molecule has 4 aliphatic rings. The van der Waals surface area contributed by atoms with Gasteiger partial charge in [-0.15, -0.1) is 11.3 Å². The Labute approximate surface area is 355 Å². The fraction of sp³-hybridized carbons (Fsp3) is 0.533. The van der Waals surface area contributed by atoms with E-state index in [2.05, 4.69) is 77.2 Å². The van der Waals surface area contributed by atoms with Crippen LogP contribution in [0.3, 0.4) is 0 Å². The van der Waals surface area contributed by atoms with Gasteiger partial charge in [0.05, 0.1) is 53.2 Å². The second kappa shape index (κ2) is 16.6. The molecule has 1 saturated carbocycles. The maximum Gasteiger partial charge on any atom is 0.329 e. The first-order chi connectivity index (χ1) is 28.7. The van der Waals surface area contributed by atoms with Crippen molar-refractivity contribution in [1.29, 1.82) is 0 Å². The summed E-state index contributed by atoms with van der Waals surface area (Å²) in [6, 6.07) is 6.39. The minimum atomic E-state index is -1.25. The Morgan fingerprint density at radius 3 is 2.60 bits per heavy atom. The molecule has 1 aliphatic carbocycles. The summed E-state index contributed by atoms with van der Waals surface area (Å²) in [5, 5.41) is 7.71. The summed E-state index contributed by atoms with van der Waals surface area (Å²) in [6.45, 7) is 16.3. The van der Waals surface area contributed by atoms with Gasteiger partial charge in [0, 0.05) is 85.0 Å². The number of methoxy groups -OCH3 is 1. The van der Waals surface area contributed by atoms with E-state index in [-0.39, 0.29) is 42.8 Å². The zero-order chi connectivity index (χ0) is 42.6. The Bertz CT molecular complexity index is 2320. The fourth-order valence-electron chi connectivity index (χ4n) is 9.02. The Morgan fingerprint density at radius 1 is 1.15 bits per heavy atom.